The van der Waals surface area contributed by atoms with Gasteiger partial charge in [-0.15, -0.1) is 11.8 Å². The fraction of sp³-hybridized carbons (Fsp3) is 0.217. The van der Waals surface area contributed by atoms with Gasteiger partial charge in [0.05, 0.1) is 25.5 Å². The van der Waals surface area contributed by atoms with Gasteiger partial charge in [-0.3, -0.25) is 9.36 Å². The number of ether oxygens (including phenoxy) is 2. The van der Waals surface area contributed by atoms with E-state index < -0.39 is 0 Å². The van der Waals surface area contributed by atoms with E-state index in [1.165, 1.54) is 11.8 Å². The van der Waals surface area contributed by atoms with E-state index in [4.69, 9.17) is 9.47 Å². The van der Waals surface area contributed by atoms with Crippen molar-refractivity contribution in [2.45, 2.75) is 18.7 Å². The van der Waals surface area contributed by atoms with Crippen molar-refractivity contribution in [3.63, 3.8) is 0 Å². The topological polar surface area (TPSA) is 76.3 Å². The molecule has 154 valence electrons. The van der Waals surface area contributed by atoms with Crippen LogP contribution in [-0.2, 0) is 4.79 Å². The summed E-state index contributed by atoms with van der Waals surface area (Å²) in [6.07, 6.45) is 0. The summed E-state index contributed by atoms with van der Waals surface area (Å²) in [5, 5.41) is 12.6. The van der Waals surface area contributed by atoms with Crippen molar-refractivity contribution in [1.29, 1.82) is 5.26 Å². The predicted octanol–water partition coefficient (Wildman–Crippen LogP) is 4.71. The third-order valence-electron chi connectivity index (χ3n) is 4.84. The third kappa shape index (κ3) is 4.44. The molecule has 7 heteroatoms. The summed E-state index contributed by atoms with van der Waals surface area (Å²) in [5.41, 5.74) is 3.04. The number of hydrogen-bond donors (Lipinski definition) is 1. The monoisotopic (exact) mass is 421 g/mol. The summed E-state index contributed by atoms with van der Waals surface area (Å²) in [6.45, 7) is 3.82. The molecule has 6 nitrogen and oxygen atoms in total. The first-order chi connectivity index (χ1) is 14.5. The van der Waals surface area contributed by atoms with Crippen LogP contribution in [0.2, 0.25) is 0 Å². The number of hydrogen-bond acceptors (Lipinski definition) is 5. The highest BCUT2D eigenvalue weighted by Gasteiger charge is 2.20. The van der Waals surface area contributed by atoms with Crippen LogP contribution in [0.25, 0.3) is 5.69 Å². The number of methoxy groups -OCH3 is 2. The van der Waals surface area contributed by atoms with Crippen molar-refractivity contribution in [1.82, 2.24) is 4.57 Å². The first-order valence-corrected chi connectivity index (χ1v) is 10.3. The number of nitrogens with zero attached hydrogens (tertiary/aromatic N) is 2. The second-order valence-electron chi connectivity index (χ2n) is 6.59. The quantitative estimate of drug-likeness (QED) is 0.559. The molecule has 1 N–H and O–H groups in total. The molecule has 0 saturated heterocycles. The molecule has 0 atom stereocenters. The molecule has 0 aliphatic carbocycles. The van der Waals surface area contributed by atoms with Crippen molar-refractivity contribution in [2.75, 3.05) is 25.3 Å². The molecule has 0 aliphatic heterocycles. The molecule has 0 unspecified atom stereocenters. The van der Waals surface area contributed by atoms with Gasteiger partial charge in [0.15, 0.2) is 0 Å². The molecule has 1 amide bonds. The predicted molar refractivity (Wildman–Crippen MR) is 119 cm³/mol. The molecular formula is C23H23N3O3S. The summed E-state index contributed by atoms with van der Waals surface area (Å²) in [6, 6.07) is 17.2. The van der Waals surface area contributed by atoms with Crippen LogP contribution in [0.1, 0.15) is 16.8 Å². The Kier molecular flexibility index (Phi) is 6.70. The van der Waals surface area contributed by atoms with E-state index in [1.807, 2.05) is 66.9 Å². The molecular weight excluding hydrogens is 398 g/mol. The average Bonchev–Trinajstić information content (AvgIpc) is 3.01. The molecule has 0 fully saturated rings. The van der Waals surface area contributed by atoms with Crippen molar-refractivity contribution < 1.29 is 14.3 Å². The second-order valence-corrected chi connectivity index (χ2v) is 7.64. The van der Waals surface area contributed by atoms with Crippen LogP contribution in [0.5, 0.6) is 11.5 Å². The highest BCUT2D eigenvalue weighted by atomic mass is 32.2. The molecule has 3 aromatic rings. The minimum atomic E-state index is -0.181. The van der Waals surface area contributed by atoms with Gasteiger partial charge in [-0.05, 0) is 67.9 Å². The van der Waals surface area contributed by atoms with Gasteiger partial charge in [0.2, 0.25) is 5.91 Å². The van der Waals surface area contributed by atoms with Crippen molar-refractivity contribution >= 4 is 23.5 Å². The first kappa shape index (κ1) is 21.3. The van der Waals surface area contributed by atoms with E-state index >= 15 is 0 Å². The number of rotatable bonds is 7. The lowest BCUT2D eigenvalue weighted by atomic mass is 10.2. The second kappa shape index (κ2) is 9.42. The Morgan fingerprint density at radius 1 is 1.03 bits per heavy atom. The van der Waals surface area contributed by atoms with E-state index in [0.717, 1.165) is 33.3 Å². The van der Waals surface area contributed by atoms with Crippen LogP contribution in [0.15, 0.2) is 53.4 Å². The van der Waals surface area contributed by atoms with Crippen LogP contribution in [0, 0.1) is 25.2 Å². The number of nitrogens with one attached hydrogen (secondary N) is 1. The number of benzene rings is 2. The summed E-state index contributed by atoms with van der Waals surface area (Å²) in [4.78, 5) is 13.6. The number of carbonyl (C=O) groups excluding carboxylic acids is 1. The van der Waals surface area contributed by atoms with Crippen LogP contribution in [0.3, 0.4) is 0 Å². The highest BCUT2D eigenvalue weighted by Crippen LogP contribution is 2.31. The summed E-state index contributed by atoms with van der Waals surface area (Å²) in [7, 11) is 3.23. The van der Waals surface area contributed by atoms with E-state index in [0.29, 0.717) is 11.4 Å². The lowest BCUT2D eigenvalue weighted by Crippen LogP contribution is -2.17. The number of thioether (sulfide) groups is 1. The highest BCUT2D eigenvalue weighted by molar-refractivity contribution is 8.00. The van der Waals surface area contributed by atoms with Gasteiger partial charge in [-0.2, -0.15) is 5.26 Å². The molecule has 3 rings (SSSR count). The standard InChI is InChI=1S/C23H23N3O3S/c1-15-16(2)26(17-5-7-18(28-3)8-6-17)23(21(15)13-24)25-22(27)14-30-20-11-9-19(29-4)10-12-20/h5-12H,14H2,1-4H3,(H,25,27). The van der Waals surface area contributed by atoms with Crippen LogP contribution >= 0.6 is 11.8 Å². The average molecular weight is 422 g/mol. The molecule has 2 aromatic carbocycles. The van der Waals surface area contributed by atoms with Gasteiger partial charge in [0.25, 0.3) is 0 Å². The summed E-state index contributed by atoms with van der Waals surface area (Å²) >= 11 is 1.42. The third-order valence-corrected chi connectivity index (χ3v) is 5.86. The fourth-order valence-corrected chi connectivity index (χ4v) is 3.80. The van der Waals surface area contributed by atoms with Gasteiger partial charge in [0.1, 0.15) is 23.4 Å². The number of aromatic nitrogens is 1. The van der Waals surface area contributed by atoms with Gasteiger partial charge in [-0.25, -0.2) is 0 Å². The molecule has 1 aromatic heterocycles. The molecule has 30 heavy (non-hydrogen) atoms. The Hall–Kier alpha value is -3.37. The molecule has 0 radical (unpaired) electrons. The normalized spacial score (nSPS) is 10.4. The van der Waals surface area contributed by atoms with E-state index in [-0.39, 0.29) is 11.7 Å². The minimum absolute atomic E-state index is 0.181. The number of anilines is 1. The number of nitriles is 1. The van der Waals surface area contributed by atoms with Gasteiger partial charge < -0.3 is 14.8 Å². The zero-order chi connectivity index (χ0) is 21.7. The zero-order valence-electron chi connectivity index (χ0n) is 17.4. The van der Waals surface area contributed by atoms with Crippen LogP contribution < -0.4 is 14.8 Å². The minimum Gasteiger partial charge on any atom is -0.497 e. The van der Waals surface area contributed by atoms with Gasteiger partial charge in [-0.1, -0.05) is 0 Å². The molecule has 0 aliphatic rings. The smallest absolute Gasteiger partial charge is 0.235 e. The lowest BCUT2D eigenvalue weighted by Gasteiger charge is -2.14. The maximum atomic E-state index is 12.7. The first-order valence-electron chi connectivity index (χ1n) is 9.31. The maximum Gasteiger partial charge on any atom is 0.235 e. The van der Waals surface area contributed by atoms with Crippen molar-refractivity contribution in [3.8, 4) is 23.3 Å². The maximum absolute atomic E-state index is 12.7. The Morgan fingerprint density at radius 2 is 1.60 bits per heavy atom. The Bertz CT molecular complexity index is 1080. The van der Waals surface area contributed by atoms with E-state index in [2.05, 4.69) is 11.4 Å². The number of amides is 1. The summed E-state index contributed by atoms with van der Waals surface area (Å²) < 4.78 is 12.3. The Morgan fingerprint density at radius 3 is 2.13 bits per heavy atom. The van der Waals surface area contributed by atoms with Crippen molar-refractivity contribution in [2.24, 2.45) is 0 Å². The Labute approximate surface area is 180 Å². The molecule has 1 heterocycles. The molecule has 0 spiro atoms. The Balaban J connectivity index is 1.83. The molecule has 0 bridgehead atoms. The molecule has 0 saturated carbocycles. The fourth-order valence-electron chi connectivity index (χ4n) is 3.10. The van der Waals surface area contributed by atoms with E-state index in [1.54, 1.807) is 14.2 Å². The van der Waals surface area contributed by atoms with Crippen LogP contribution in [-0.4, -0.2) is 30.4 Å². The lowest BCUT2D eigenvalue weighted by molar-refractivity contribution is -0.113. The summed E-state index contributed by atoms with van der Waals surface area (Å²) in [5.74, 6) is 2.04. The van der Waals surface area contributed by atoms with E-state index in [9.17, 15) is 10.1 Å². The van der Waals surface area contributed by atoms with Gasteiger partial charge in [0, 0.05) is 16.3 Å². The van der Waals surface area contributed by atoms with Gasteiger partial charge >= 0.3 is 0 Å². The number of carbonyl (C=O) groups is 1. The SMILES string of the molecule is COc1ccc(SCC(=O)Nc2c(C#N)c(C)c(C)n2-c2ccc(OC)cc2)cc1. The largest absolute Gasteiger partial charge is 0.497 e. The zero-order valence-corrected chi connectivity index (χ0v) is 18.2. The van der Waals surface area contributed by atoms with Crippen molar-refractivity contribution in [3.05, 3.63) is 65.4 Å². The van der Waals surface area contributed by atoms with Crippen LogP contribution in [0.4, 0.5) is 5.82 Å².